The van der Waals surface area contributed by atoms with Gasteiger partial charge in [0.2, 0.25) is 5.89 Å². The lowest BCUT2D eigenvalue weighted by Crippen LogP contribution is -2.46. The summed E-state index contributed by atoms with van der Waals surface area (Å²) in [5.41, 5.74) is 0.987. The van der Waals surface area contributed by atoms with E-state index in [-0.39, 0.29) is 6.04 Å². The Morgan fingerprint density at radius 3 is 3.00 bits per heavy atom. The van der Waals surface area contributed by atoms with Crippen molar-refractivity contribution in [1.82, 2.24) is 24.9 Å². The van der Waals surface area contributed by atoms with Crippen molar-refractivity contribution in [3.63, 3.8) is 0 Å². The predicted octanol–water partition coefficient (Wildman–Crippen LogP) is 1.77. The number of hydrogen-bond donors (Lipinski definition) is 0. The Balaban J connectivity index is 1.60. The first-order valence-corrected chi connectivity index (χ1v) is 7.53. The topological polar surface area (TPSA) is 58.3 Å². The monoisotopic (exact) mass is 299 g/mol. The van der Waals surface area contributed by atoms with Gasteiger partial charge in [-0.25, -0.2) is 0 Å². The van der Waals surface area contributed by atoms with Crippen LogP contribution in [-0.4, -0.2) is 58.2 Å². The maximum absolute atomic E-state index is 5.34. The molecule has 0 radical (unpaired) electrons. The molecular formula is C16H21N5O. The molecule has 2 aromatic heterocycles. The van der Waals surface area contributed by atoms with Crippen LogP contribution in [0.3, 0.4) is 0 Å². The second kappa shape index (κ2) is 6.81. The lowest BCUT2D eigenvalue weighted by molar-refractivity contribution is 0.0833. The van der Waals surface area contributed by atoms with Crippen LogP contribution in [0.4, 0.5) is 0 Å². The minimum absolute atomic E-state index is 0.165. The third-order valence-electron chi connectivity index (χ3n) is 3.90. The lowest BCUT2D eigenvalue weighted by atomic mass is 10.1. The number of aryl methyl sites for hydroxylation is 1. The third kappa shape index (κ3) is 3.58. The Labute approximate surface area is 130 Å². The minimum atomic E-state index is 0.165. The van der Waals surface area contributed by atoms with E-state index in [0.29, 0.717) is 11.7 Å². The van der Waals surface area contributed by atoms with Gasteiger partial charge >= 0.3 is 0 Å². The highest BCUT2D eigenvalue weighted by Gasteiger charge is 2.29. The molecule has 1 aliphatic rings. The summed E-state index contributed by atoms with van der Waals surface area (Å²) in [6.07, 6.45) is 6.03. The fraction of sp³-hybridized carbons (Fsp3) is 0.438. The number of rotatable bonds is 4. The Morgan fingerprint density at radius 1 is 1.36 bits per heavy atom. The van der Waals surface area contributed by atoms with Gasteiger partial charge in [0.15, 0.2) is 5.82 Å². The van der Waals surface area contributed by atoms with Crippen molar-refractivity contribution in [3.8, 4) is 0 Å². The van der Waals surface area contributed by atoms with Crippen molar-refractivity contribution < 1.29 is 4.52 Å². The first-order valence-electron chi connectivity index (χ1n) is 7.53. The fourth-order valence-corrected chi connectivity index (χ4v) is 2.61. The molecule has 3 heterocycles. The van der Waals surface area contributed by atoms with E-state index in [0.717, 1.165) is 31.9 Å². The van der Waals surface area contributed by atoms with Gasteiger partial charge in [-0.05, 0) is 32.2 Å². The molecule has 1 fully saturated rings. The maximum atomic E-state index is 5.34. The standard InChI is InChI=1S/C16H21N5O/c1-13-18-16(22-19-13)15-12-21(11-10-20(15)2)9-5-7-14-6-3-4-8-17-14/h3-8,15H,9-12H2,1-2H3/b7-5+. The van der Waals surface area contributed by atoms with Gasteiger partial charge in [-0.3, -0.25) is 14.8 Å². The van der Waals surface area contributed by atoms with Crippen LogP contribution in [0.2, 0.25) is 0 Å². The van der Waals surface area contributed by atoms with Crippen LogP contribution < -0.4 is 0 Å². The molecule has 1 unspecified atom stereocenters. The van der Waals surface area contributed by atoms with E-state index in [1.54, 1.807) is 0 Å². The third-order valence-corrected chi connectivity index (χ3v) is 3.90. The normalized spacial score (nSPS) is 20.7. The van der Waals surface area contributed by atoms with Gasteiger partial charge < -0.3 is 4.52 Å². The highest BCUT2D eigenvalue weighted by atomic mass is 16.5. The van der Waals surface area contributed by atoms with Gasteiger partial charge in [0.25, 0.3) is 0 Å². The summed E-state index contributed by atoms with van der Waals surface area (Å²) in [6.45, 7) is 5.66. The van der Waals surface area contributed by atoms with Crippen molar-refractivity contribution in [2.75, 3.05) is 33.2 Å². The second-order valence-electron chi connectivity index (χ2n) is 5.59. The van der Waals surface area contributed by atoms with E-state index in [9.17, 15) is 0 Å². The van der Waals surface area contributed by atoms with Crippen molar-refractivity contribution in [2.24, 2.45) is 0 Å². The first kappa shape index (κ1) is 14.9. The maximum Gasteiger partial charge on any atom is 0.245 e. The van der Waals surface area contributed by atoms with Gasteiger partial charge in [0.05, 0.1) is 5.69 Å². The first-order chi connectivity index (χ1) is 10.7. The van der Waals surface area contributed by atoms with Crippen LogP contribution in [-0.2, 0) is 0 Å². The molecule has 1 aliphatic heterocycles. The molecule has 6 heteroatoms. The molecule has 22 heavy (non-hydrogen) atoms. The molecular weight excluding hydrogens is 278 g/mol. The molecule has 0 spiro atoms. The number of piperazine rings is 1. The van der Waals surface area contributed by atoms with Gasteiger partial charge in [0, 0.05) is 32.4 Å². The predicted molar refractivity (Wildman–Crippen MR) is 84.1 cm³/mol. The van der Waals surface area contributed by atoms with Crippen molar-refractivity contribution in [1.29, 1.82) is 0 Å². The Kier molecular flexibility index (Phi) is 4.60. The van der Waals surface area contributed by atoms with E-state index < -0.39 is 0 Å². The largest absolute Gasteiger partial charge is 0.338 e. The van der Waals surface area contributed by atoms with E-state index in [4.69, 9.17) is 4.52 Å². The molecule has 1 atom stereocenters. The van der Waals surface area contributed by atoms with Crippen LogP contribution in [0, 0.1) is 6.92 Å². The molecule has 6 nitrogen and oxygen atoms in total. The van der Waals surface area contributed by atoms with Gasteiger partial charge in [-0.15, -0.1) is 0 Å². The molecule has 0 bridgehead atoms. The summed E-state index contributed by atoms with van der Waals surface area (Å²) >= 11 is 0. The van der Waals surface area contributed by atoms with Crippen LogP contribution in [0.5, 0.6) is 0 Å². The van der Waals surface area contributed by atoms with Crippen molar-refractivity contribution >= 4 is 6.08 Å². The SMILES string of the molecule is Cc1noc(C2CN(C/C=C/c3ccccn3)CCN2C)n1. The zero-order valence-corrected chi connectivity index (χ0v) is 13.0. The number of nitrogens with zero attached hydrogens (tertiary/aromatic N) is 5. The van der Waals surface area contributed by atoms with Crippen LogP contribution in [0.1, 0.15) is 23.5 Å². The summed E-state index contributed by atoms with van der Waals surface area (Å²) in [7, 11) is 2.10. The van der Waals surface area contributed by atoms with Crippen LogP contribution >= 0.6 is 0 Å². The summed E-state index contributed by atoms with van der Waals surface area (Å²) in [5.74, 6) is 1.40. The molecule has 2 aromatic rings. The summed E-state index contributed by atoms with van der Waals surface area (Å²) in [4.78, 5) is 13.3. The zero-order valence-electron chi connectivity index (χ0n) is 13.0. The summed E-state index contributed by atoms with van der Waals surface area (Å²) < 4.78 is 5.34. The van der Waals surface area contributed by atoms with Crippen molar-refractivity contribution in [3.05, 3.63) is 47.9 Å². The van der Waals surface area contributed by atoms with E-state index >= 15 is 0 Å². The smallest absolute Gasteiger partial charge is 0.245 e. The molecule has 3 rings (SSSR count). The Bertz CT molecular complexity index is 624. The highest BCUT2D eigenvalue weighted by Crippen LogP contribution is 2.22. The molecule has 0 N–H and O–H groups in total. The quantitative estimate of drug-likeness (QED) is 0.857. The van der Waals surface area contributed by atoms with Crippen LogP contribution in [0.25, 0.3) is 6.08 Å². The number of hydrogen-bond acceptors (Lipinski definition) is 6. The average molecular weight is 299 g/mol. The number of likely N-dealkylation sites (N-methyl/N-ethyl adjacent to an activating group) is 1. The minimum Gasteiger partial charge on any atom is -0.338 e. The van der Waals surface area contributed by atoms with Gasteiger partial charge in [-0.1, -0.05) is 17.3 Å². The Hall–Kier alpha value is -2.05. The van der Waals surface area contributed by atoms with E-state index in [1.165, 1.54) is 0 Å². The molecule has 0 aliphatic carbocycles. The van der Waals surface area contributed by atoms with E-state index in [1.807, 2.05) is 31.3 Å². The number of pyridine rings is 1. The Morgan fingerprint density at radius 2 is 2.27 bits per heavy atom. The zero-order chi connectivity index (χ0) is 15.4. The van der Waals surface area contributed by atoms with Crippen molar-refractivity contribution in [2.45, 2.75) is 13.0 Å². The van der Waals surface area contributed by atoms with Gasteiger partial charge in [-0.2, -0.15) is 4.98 Å². The molecule has 0 amide bonds. The molecule has 0 aromatic carbocycles. The number of aromatic nitrogens is 3. The molecule has 0 saturated carbocycles. The summed E-state index contributed by atoms with van der Waals surface area (Å²) in [5, 5.41) is 3.90. The average Bonchev–Trinajstić information content (AvgIpc) is 2.96. The van der Waals surface area contributed by atoms with E-state index in [2.05, 4.69) is 44.1 Å². The lowest BCUT2D eigenvalue weighted by Gasteiger charge is -2.37. The summed E-state index contributed by atoms with van der Waals surface area (Å²) in [6, 6.07) is 6.09. The highest BCUT2D eigenvalue weighted by molar-refractivity contribution is 5.43. The second-order valence-corrected chi connectivity index (χ2v) is 5.59. The molecule has 1 saturated heterocycles. The fourth-order valence-electron chi connectivity index (χ4n) is 2.61. The van der Waals surface area contributed by atoms with Gasteiger partial charge in [0.1, 0.15) is 6.04 Å². The van der Waals surface area contributed by atoms with Crippen LogP contribution in [0.15, 0.2) is 35.0 Å². The molecule has 116 valence electrons.